The first-order chi connectivity index (χ1) is 13.5. The Hall–Kier alpha value is -2.70. The lowest BCUT2D eigenvalue weighted by Crippen LogP contribution is -2.26. The lowest BCUT2D eigenvalue weighted by molar-refractivity contribution is 0.0945. The van der Waals surface area contributed by atoms with Crippen LogP contribution in [0.1, 0.15) is 37.0 Å². The molecule has 0 radical (unpaired) electrons. The number of benzene rings is 2. The summed E-state index contributed by atoms with van der Waals surface area (Å²) >= 11 is 7.31. The zero-order valence-electron chi connectivity index (χ0n) is 15.4. The summed E-state index contributed by atoms with van der Waals surface area (Å²) in [5.74, 6) is -0.379. The molecule has 1 heterocycles. The number of hydrogen-bond donors (Lipinski definition) is 2. The maximum atomic E-state index is 12.3. The van der Waals surface area contributed by atoms with E-state index in [4.69, 9.17) is 11.6 Å². The summed E-state index contributed by atoms with van der Waals surface area (Å²) in [5.41, 5.74) is 2.97. The summed E-state index contributed by atoms with van der Waals surface area (Å²) < 4.78 is 0. The van der Waals surface area contributed by atoms with Crippen molar-refractivity contribution in [2.24, 2.45) is 0 Å². The first kappa shape index (κ1) is 20.0. The Bertz CT molecular complexity index is 987. The maximum absolute atomic E-state index is 12.3. The molecule has 3 aromatic rings. The number of aryl methyl sites for hydroxylation is 1. The van der Waals surface area contributed by atoms with Crippen LogP contribution >= 0.6 is 22.9 Å². The second-order valence-electron chi connectivity index (χ2n) is 6.26. The molecule has 0 spiro atoms. The summed E-state index contributed by atoms with van der Waals surface area (Å²) in [6.07, 6.45) is 0.690. The van der Waals surface area contributed by atoms with Gasteiger partial charge in [0.2, 0.25) is 0 Å². The van der Waals surface area contributed by atoms with Crippen LogP contribution in [0.3, 0.4) is 0 Å². The first-order valence-electron chi connectivity index (χ1n) is 8.84. The molecule has 2 amide bonds. The van der Waals surface area contributed by atoms with Crippen molar-refractivity contribution in [3.05, 3.63) is 86.3 Å². The molecular weight excluding hydrogens is 394 g/mol. The summed E-state index contributed by atoms with van der Waals surface area (Å²) in [7, 11) is 0. The van der Waals surface area contributed by atoms with Gasteiger partial charge in [0.15, 0.2) is 0 Å². The third-order valence-electron chi connectivity index (χ3n) is 4.16. The molecule has 0 saturated heterocycles. The quantitative estimate of drug-likeness (QED) is 0.614. The van der Waals surface area contributed by atoms with Gasteiger partial charge in [-0.2, -0.15) is 0 Å². The Kier molecular flexibility index (Phi) is 6.79. The molecule has 0 saturated carbocycles. The van der Waals surface area contributed by atoms with E-state index in [0.29, 0.717) is 34.3 Å². The first-order valence-corrected chi connectivity index (χ1v) is 10.1. The Labute approximate surface area is 172 Å². The van der Waals surface area contributed by atoms with Gasteiger partial charge >= 0.3 is 0 Å². The highest BCUT2D eigenvalue weighted by Crippen LogP contribution is 2.12. The normalized spacial score (nSPS) is 10.5. The van der Waals surface area contributed by atoms with Gasteiger partial charge in [0.05, 0.1) is 6.54 Å². The van der Waals surface area contributed by atoms with Gasteiger partial charge in [-0.1, -0.05) is 41.9 Å². The Morgan fingerprint density at radius 2 is 1.89 bits per heavy atom. The van der Waals surface area contributed by atoms with Crippen LogP contribution in [0.2, 0.25) is 5.02 Å². The topological polar surface area (TPSA) is 71.1 Å². The highest BCUT2D eigenvalue weighted by atomic mass is 35.5. The molecule has 0 atom stereocenters. The number of aromatic nitrogens is 1. The van der Waals surface area contributed by atoms with Gasteiger partial charge in [-0.05, 0) is 42.7 Å². The number of nitrogens with one attached hydrogen (secondary N) is 2. The van der Waals surface area contributed by atoms with E-state index < -0.39 is 0 Å². The van der Waals surface area contributed by atoms with Crippen molar-refractivity contribution in [2.75, 3.05) is 6.54 Å². The van der Waals surface area contributed by atoms with Crippen molar-refractivity contribution in [1.82, 2.24) is 15.6 Å². The number of nitrogens with zero attached hydrogens (tertiary/aromatic N) is 1. The van der Waals surface area contributed by atoms with Crippen molar-refractivity contribution in [3.63, 3.8) is 0 Å². The van der Waals surface area contributed by atoms with Crippen LogP contribution in [-0.2, 0) is 13.0 Å². The van der Waals surface area contributed by atoms with Crippen LogP contribution in [-0.4, -0.2) is 23.3 Å². The van der Waals surface area contributed by atoms with Crippen LogP contribution in [0.25, 0.3) is 0 Å². The van der Waals surface area contributed by atoms with Crippen LogP contribution in [0.4, 0.5) is 0 Å². The van der Waals surface area contributed by atoms with E-state index >= 15 is 0 Å². The average molecular weight is 414 g/mol. The van der Waals surface area contributed by atoms with Crippen molar-refractivity contribution in [2.45, 2.75) is 19.9 Å². The fourth-order valence-corrected chi connectivity index (χ4v) is 3.61. The highest BCUT2D eigenvalue weighted by molar-refractivity contribution is 7.09. The minimum atomic E-state index is -0.227. The van der Waals surface area contributed by atoms with E-state index in [-0.39, 0.29) is 18.4 Å². The lowest BCUT2D eigenvalue weighted by atomic mass is 10.1. The number of carbonyl (C=O) groups excluding carboxylic acids is 2. The SMILES string of the molecule is Cc1ccccc1C(=O)NCc1nc(C(=O)NCCc2cccc(Cl)c2)cs1. The van der Waals surface area contributed by atoms with E-state index in [1.54, 1.807) is 11.4 Å². The summed E-state index contributed by atoms with van der Waals surface area (Å²) in [6, 6.07) is 15.0. The molecule has 0 unspecified atom stereocenters. The van der Waals surface area contributed by atoms with Crippen LogP contribution in [0, 0.1) is 6.92 Å². The molecule has 2 N–H and O–H groups in total. The van der Waals surface area contributed by atoms with Gasteiger partial charge in [0.1, 0.15) is 10.7 Å². The number of rotatable bonds is 7. The van der Waals surface area contributed by atoms with E-state index in [1.165, 1.54) is 11.3 Å². The van der Waals surface area contributed by atoms with Crippen molar-refractivity contribution >= 4 is 34.8 Å². The summed E-state index contributed by atoms with van der Waals surface area (Å²) in [5, 5.41) is 8.76. The lowest BCUT2D eigenvalue weighted by Gasteiger charge is -2.06. The van der Waals surface area contributed by atoms with E-state index in [0.717, 1.165) is 11.1 Å². The Morgan fingerprint density at radius 1 is 1.07 bits per heavy atom. The van der Waals surface area contributed by atoms with Gasteiger partial charge in [0, 0.05) is 22.5 Å². The summed E-state index contributed by atoms with van der Waals surface area (Å²) in [6.45, 7) is 2.67. The number of halogens is 1. The fraction of sp³-hybridized carbons (Fsp3) is 0.190. The molecule has 0 aliphatic rings. The van der Waals surface area contributed by atoms with Crippen LogP contribution < -0.4 is 10.6 Å². The predicted molar refractivity (Wildman–Crippen MR) is 112 cm³/mol. The Balaban J connectivity index is 1.48. The summed E-state index contributed by atoms with van der Waals surface area (Å²) in [4.78, 5) is 28.8. The average Bonchev–Trinajstić information content (AvgIpc) is 3.16. The van der Waals surface area contributed by atoms with Crippen molar-refractivity contribution < 1.29 is 9.59 Å². The van der Waals surface area contributed by atoms with Crippen molar-refractivity contribution in [1.29, 1.82) is 0 Å². The molecular formula is C21H20ClN3O2S. The standard InChI is InChI=1S/C21H20ClN3O2S/c1-14-5-2-3-8-17(14)20(26)24-12-19-25-18(13-28-19)21(27)23-10-9-15-6-4-7-16(22)11-15/h2-8,11,13H,9-10,12H2,1H3,(H,23,27)(H,24,26). The molecule has 3 rings (SSSR count). The number of thiazole rings is 1. The molecule has 0 bridgehead atoms. The molecule has 5 nitrogen and oxygen atoms in total. The van der Waals surface area contributed by atoms with Crippen molar-refractivity contribution in [3.8, 4) is 0 Å². The maximum Gasteiger partial charge on any atom is 0.270 e. The molecule has 28 heavy (non-hydrogen) atoms. The minimum absolute atomic E-state index is 0.152. The predicted octanol–water partition coefficient (Wildman–Crippen LogP) is 4.01. The fourth-order valence-electron chi connectivity index (χ4n) is 2.68. The molecule has 0 aliphatic carbocycles. The number of amides is 2. The zero-order valence-corrected chi connectivity index (χ0v) is 16.9. The molecule has 144 valence electrons. The zero-order chi connectivity index (χ0) is 19.9. The van der Waals surface area contributed by atoms with Crippen LogP contribution in [0.15, 0.2) is 53.9 Å². The second kappa shape index (κ2) is 9.48. The molecule has 0 aliphatic heterocycles. The third-order valence-corrected chi connectivity index (χ3v) is 5.25. The number of carbonyl (C=O) groups is 2. The smallest absolute Gasteiger partial charge is 0.270 e. The molecule has 1 aromatic heterocycles. The largest absolute Gasteiger partial charge is 0.350 e. The Morgan fingerprint density at radius 3 is 2.68 bits per heavy atom. The van der Waals surface area contributed by atoms with Gasteiger partial charge < -0.3 is 10.6 Å². The molecule has 7 heteroatoms. The monoisotopic (exact) mass is 413 g/mol. The van der Waals surface area contributed by atoms with E-state index in [2.05, 4.69) is 15.6 Å². The third kappa shape index (κ3) is 5.41. The second-order valence-corrected chi connectivity index (χ2v) is 7.64. The minimum Gasteiger partial charge on any atom is -0.350 e. The van der Waals surface area contributed by atoms with Crippen LogP contribution in [0.5, 0.6) is 0 Å². The van der Waals surface area contributed by atoms with Gasteiger partial charge in [-0.15, -0.1) is 11.3 Å². The van der Waals surface area contributed by atoms with Gasteiger partial charge in [-0.25, -0.2) is 4.98 Å². The molecule has 2 aromatic carbocycles. The van der Waals surface area contributed by atoms with Gasteiger partial charge in [-0.3, -0.25) is 9.59 Å². The highest BCUT2D eigenvalue weighted by Gasteiger charge is 2.12. The number of hydrogen-bond acceptors (Lipinski definition) is 4. The van der Waals surface area contributed by atoms with E-state index in [1.807, 2.05) is 49.4 Å². The van der Waals surface area contributed by atoms with E-state index in [9.17, 15) is 9.59 Å². The molecule has 0 fully saturated rings. The van der Waals surface area contributed by atoms with Gasteiger partial charge in [0.25, 0.3) is 11.8 Å².